The van der Waals surface area contributed by atoms with Gasteiger partial charge < -0.3 is 24.0 Å². The Bertz CT molecular complexity index is 1350. The number of hydrogen-bond acceptors (Lipinski definition) is 5. The molecular weight excluding hydrogens is 492 g/mol. The van der Waals surface area contributed by atoms with Crippen LogP contribution in [0.1, 0.15) is 32.7 Å². The van der Waals surface area contributed by atoms with Gasteiger partial charge >= 0.3 is 0 Å². The summed E-state index contributed by atoms with van der Waals surface area (Å²) in [4.78, 5) is 27.2. The number of carbonyl (C=O) groups is 1. The zero-order valence-corrected chi connectivity index (χ0v) is 22.2. The molecule has 1 amide bonds. The van der Waals surface area contributed by atoms with Crippen LogP contribution >= 0.6 is 0 Å². The minimum absolute atomic E-state index is 0.00693. The molecule has 5 rings (SSSR count). The number of aliphatic hydroxyl groups is 1. The molecule has 4 aromatic rings. The number of aromatic nitrogens is 1. The van der Waals surface area contributed by atoms with Crippen LogP contribution in [0.4, 0.5) is 0 Å². The maximum Gasteiger partial charge on any atom is 0.274 e. The molecule has 0 saturated heterocycles. The van der Waals surface area contributed by atoms with Crippen LogP contribution in [0.2, 0.25) is 0 Å². The molecule has 0 spiro atoms. The number of carbonyl (C=O) groups excluding carboxylic acids is 1. The number of nitrogens with zero attached hydrogens (tertiary/aromatic N) is 2. The summed E-state index contributed by atoms with van der Waals surface area (Å²) < 4.78 is 12.5. The molecule has 7 nitrogen and oxygen atoms in total. The van der Waals surface area contributed by atoms with Crippen LogP contribution in [-0.2, 0) is 30.9 Å². The zero-order valence-electron chi connectivity index (χ0n) is 22.2. The fourth-order valence-electron chi connectivity index (χ4n) is 4.39. The second kappa shape index (κ2) is 14.1. The molecule has 0 bridgehead atoms. The van der Waals surface area contributed by atoms with E-state index in [1.54, 1.807) is 22.8 Å². The van der Waals surface area contributed by atoms with Gasteiger partial charge in [0.2, 0.25) is 5.43 Å². The van der Waals surface area contributed by atoms with E-state index in [0.717, 1.165) is 12.0 Å². The molecule has 39 heavy (non-hydrogen) atoms. The lowest BCUT2D eigenvalue weighted by Gasteiger charge is -2.31. The van der Waals surface area contributed by atoms with Crippen molar-refractivity contribution in [1.29, 1.82) is 0 Å². The molecule has 0 unspecified atom stereocenters. The first-order chi connectivity index (χ1) is 19.1. The summed E-state index contributed by atoms with van der Waals surface area (Å²) in [6, 6.07) is 30.5. The van der Waals surface area contributed by atoms with Crippen molar-refractivity contribution in [3.05, 3.63) is 135 Å². The number of rotatable bonds is 9. The van der Waals surface area contributed by atoms with Crippen LogP contribution in [0, 0.1) is 0 Å². The maximum atomic E-state index is 12.9. The van der Waals surface area contributed by atoms with Crippen LogP contribution in [-0.4, -0.2) is 47.3 Å². The number of fused-ring (bicyclic) bond motifs is 1. The summed E-state index contributed by atoms with van der Waals surface area (Å²) in [5.41, 5.74) is 3.62. The van der Waals surface area contributed by atoms with Crippen LogP contribution in [0.25, 0.3) is 0 Å². The highest BCUT2D eigenvalue weighted by atomic mass is 16.5. The first-order valence-electron chi connectivity index (χ1n) is 13.0. The number of methoxy groups -OCH3 is 1. The minimum atomic E-state index is -0.448. The van der Waals surface area contributed by atoms with Gasteiger partial charge in [-0.15, -0.1) is 0 Å². The standard InChI is InChI=1S/C19H22N2O5.C13H12/c1-25-10-9-20-7-8-21-11-15(12-22)17(23)18(16(21)19(20)24)26-13-14-5-3-2-4-6-14;1-3-7-12(8-4-1)11-13-9-5-2-6-10-13/h2-6,11,22H,7-10,12-13H2,1H3;1-10H,11H2. The molecule has 1 aromatic heterocycles. The van der Waals surface area contributed by atoms with E-state index in [4.69, 9.17) is 9.47 Å². The van der Waals surface area contributed by atoms with Gasteiger partial charge in [0.25, 0.3) is 5.91 Å². The Morgan fingerprint density at radius 3 is 1.90 bits per heavy atom. The molecule has 202 valence electrons. The fourth-order valence-corrected chi connectivity index (χ4v) is 4.39. The highest BCUT2D eigenvalue weighted by Gasteiger charge is 2.30. The van der Waals surface area contributed by atoms with E-state index in [2.05, 4.69) is 60.7 Å². The van der Waals surface area contributed by atoms with E-state index in [1.807, 2.05) is 30.3 Å². The van der Waals surface area contributed by atoms with Gasteiger partial charge in [0.15, 0.2) is 11.4 Å². The Morgan fingerprint density at radius 2 is 1.36 bits per heavy atom. The predicted molar refractivity (Wildman–Crippen MR) is 151 cm³/mol. The molecule has 7 heteroatoms. The summed E-state index contributed by atoms with van der Waals surface area (Å²) in [6.45, 7) is 1.68. The fraction of sp³-hybridized carbons (Fsp3) is 0.250. The van der Waals surface area contributed by atoms with E-state index in [0.29, 0.717) is 26.2 Å². The normalized spacial score (nSPS) is 12.4. The monoisotopic (exact) mass is 526 g/mol. The molecule has 2 heterocycles. The Hall–Kier alpha value is -4.20. The largest absolute Gasteiger partial charge is 0.483 e. The lowest BCUT2D eigenvalue weighted by atomic mass is 10.1. The average molecular weight is 527 g/mol. The first-order valence-corrected chi connectivity index (χ1v) is 13.0. The van der Waals surface area contributed by atoms with Gasteiger partial charge in [0.1, 0.15) is 6.61 Å². The number of benzene rings is 3. The van der Waals surface area contributed by atoms with Crippen LogP contribution in [0.5, 0.6) is 5.75 Å². The lowest BCUT2D eigenvalue weighted by molar-refractivity contribution is 0.0630. The van der Waals surface area contributed by atoms with Crippen molar-refractivity contribution < 1.29 is 19.4 Å². The molecular formula is C32H34N2O5. The Balaban J connectivity index is 0.000000226. The lowest BCUT2D eigenvalue weighted by Crippen LogP contribution is -2.43. The Morgan fingerprint density at radius 1 is 0.795 bits per heavy atom. The van der Waals surface area contributed by atoms with E-state index in [9.17, 15) is 14.7 Å². The summed E-state index contributed by atoms with van der Waals surface area (Å²) in [5.74, 6) is -0.273. The van der Waals surface area contributed by atoms with E-state index < -0.39 is 12.0 Å². The van der Waals surface area contributed by atoms with E-state index in [1.165, 1.54) is 11.1 Å². The third kappa shape index (κ3) is 7.44. The van der Waals surface area contributed by atoms with Crippen molar-refractivity contribution in [2.75, 3.05) is 26.8 Å². The van der Waals surface area contributed by atoms with Gasteiger partial charge in [0, 0.05) is 38.5 Å². The molecule has 0 aliphatic carbocycles. The van der Waals surface area contributed by atoms with Crippen LogP contribution < -0.4 is 10.2 Å². The summed E-state index contributed by atoms with van der Waals surface area (Å²) in [6.07, 6.45) is 2.57. The number of pyridine rings is 1. The second-order valence-corrected chi connectivity index (χ2v) is 9.22. The predicted octanol–water partition coefficient (Wildman–Crippen LogP) is 4.30. The summed E-state index contributed by atoms with van der Waals surface area (Å²) in [5, 5.41) is 9.48. The van der Waals surface area contributed by atoms with Gasteiger partial charge in [0.05, 0.1) is 13.2 Å². The van der Waals surface area contributed by atoms with Gasteiger partial charge in [-0.25, -0.2) is 0 Å². The highest BCUT2D eigenvalue weighted by Crippen LogP contribution is 2.22. The zero-order chi connectivity index (χ0) is 27.5. The molecule has 0 fully saturated rings. The number of aliphatic hydroxyl groups excluding tert-OH is 1. The highest BCUT2D eigenvalue weighted by molar-refractivity contribution is 5.96. The second-order valence-electron chi connectivity index (χ2n) is 9.22. The van der Waals surface area contributed by atoms with Crippen molar-refractivity contribution in [2.45, 2.75) is 26.2 Å². The quantitative estimate of drug-likeness (QED) is 0.352. The van der Waals surface area contributed by atoms with Gasteiger partial charge in [-0.1, -0.05) is 91.0 Å². The van der Waals surface area contributed by atoms with Crippen LogP contribution in [0.15, 0.2) is 102 Å². The molecule has 1 aliphatic heterocycles. The van der Waals surface area contributed by atoms with E-state index >= 15 is 0 Å². The molecule has 1 N–H and O–H groups in total. The van der Waals surface area contributed by atoms with Crippen molar-refractivity contribution in [2.24, 2.45) is 0 Å². The Labute approximate surface area is 228 Å². The topological polar surface area (TPSA) is 81.0 Å². The Kier molecular flexibility index (Phi) is 10.1. The van der Waals surface area contributed by atoms with Crippen molar-refractivity contribution in [3.63, 3.8) is 0 Å². The van der Waals surface area contributed by atoms with Gasteiger partial charge in [-0.05, 0) is 23.1 Å². The minimum Gasteiger partial charge on any atom is -0.483 e. The molecule has 0 saturated carbocycles. The number of amides is 1. The molecule has 1 aliphatic rings. The van der Waals surface area contributed by atoms with Gasteiger partial charge in [-0.2, -0.15) is 0 Å². The number of hydrogen-bond donors (Lipinski definition) is 1. The summed E-state index contributed by atoms with van der Waals surface area (Å²) in [7, 11) is 1.58. The van der Waals surface area contributed by atoms with Crippen molar-refractivity contribution in [1.82, 2.24) is 9.47 Å². The average Bonchev–Trinajstić information content (AvgIpc) is 2.98. The first kappa shape index (κ1) is 27.8. The number of ether oxygens (including phenoxy) is 2. The molecule has 3 aromatic carbocycles. The van der Waals surface area contributed by atoms with Crippen molar-refractivity contribution in [3.8, 4) is 5.75 Å². The molecule has 0 atom stereocenters. The smallest absolute Gasteiger partial charge is 0.274 e. The SMILES string of the molecule is COCCN1CCn2cc(CO)c(=O)c(OCc3ccccc3)c2C1=O.c1ccc(Cc2ccccc2)cc1. The maximum absolute atomic E-state index is 12.9. The van der Waals surface area contributed by atoms with Gasteiger partial charge in [-0.3, -0.25) is 9.59 Å². The molecule has 0 radical (unpaired) electrons. The third-order valence-corrected chi connectivity index (χ3v) is 6.47. The third-order valence-electron chi connectivity index (χ3n) is 6.47. The van der Waals surface area contributed by atoms with Crippen molar-refractivity contribution >= 4 is 5.91 Å². The van der Waals surface area contributed by atoms with Crippen LogP contribution in [0.3, 0.4) is 0 Å². The summed E-state index contributed by atoms with van der Waals surface area (Å²) >= 11 is 0. The van der Waals surface area contributed by atoms with E-state index in [-0.39, 0.29) is 29.5 Å².